The minimum Gasteiger partial charge on any atom is -0.481 e. The molecule has 1 rings (SSSR count). The second-order valence-corrected chi connectivity index (χ2v) is 4.70. The van der Waals surface area contributed by atoms with E-state index in [-0.39, 0.29) is 22.5 Å². The molecule has 1 aromatic carbocycles. The van der Waals surface area contributed by atoms with Crippen molar-refractivity contribution in [3.8, 4) is 0 Å². The molecule has 6 heteroatoms. The Morgan fingerprint density at radius 2 is 2.17 bits per heavy atom. The molecule has 0 fully saturated rings. The van der Waals surface area contributed by atoms with Gasteiger partial charge in [-0.25, -0.2) is 4.39 Å². The van der Waals surface area contributed by atoms with Gasteiger partial charge >= 0.3 is 5.97 Å². The second-order valence-electron chi connectivity index (χ2n) is 3.91. The highest BCUT2D eigenvalue weighted by Crippen LogP contribution is 2.20. The lowest BCUT2D eigenvalue weighted by atomic mass is 10.1. The van der Waals surface area contributed by atoms with Crippen LogP contribution >= 0.6 is 15.9 Å². The molecule has 0 saturated carbocycles. The normalized spacial score (nSPS) is 11.9. The molecule has 18 heavy (non-hydrogen) atoms. The molecule has 98 valence electrons. The first-order valence-corrected chi connectivity index (χ1v) is 6.17. The fraction of sp³-hybridized carbons (Fsp3) is 0.333. The van der Waals surface area contributed by atoms with Gasteiger partial charge < -0.3 is 10.4 Å². The summed E-state index contributed by atoms with van der Waals surface area (Å²) in [5, 5.41) is 11.1. The third-order valence-corrected chi connectivity index (χ3v) is 3.17. The summed E-state index contributed by atoms with van der Waals surface area (Å²) in [4.78, 5) is 22.2. The summed E-state index contributed by atoms with van der Waals surface area (Å²) in [6, 6.07) is 3.89. The van der Waals surface area contributed by atoms with Crippen molar-refractivity contribution < 1.29 is 19.1 Å². The molecule has 0 heterocycles. The first-order valence-electron chi connectivity index (χ1n) is 5.38. The number of benzene rings is 1. The van der Waals surface area contributed by atoms with Crippen LogP contribution in [-0.2, 0) is 4.79 Å². The minimum absolute atomic E-state index is 0.0221. The summed E-state index contributed by atoms with van der Waals surface area (Å²) in [5.74, 6) is -1.86. The Hall–Kier alpha value is -1.43. The van der Waals surface area contributed by atoms with Crippen molar-refractivity contribution in [2.45, 2.75) is 25.8 Å². The Bertz CT molecular complexity index is 465. The molecule has 0 aliphatic heterocycles. The van der Waals surface area contributed by atoms with E-state index in [1.165, 1.54) is 18.2 Å². The smallest absolute Gasteiger partial charge is 0.303 e. The number of nitrogens with one attached hydrogen (secondary N) is 1. The van der Waals surface area contributed by atoms with Crippen molar-refractivity contribution in [3.05, 3.63) is 34.1 Å². The average Bonchev–Trinajstić information content (AvgIpc) is 2.30. The molecule has 0 bridgehead atoms. The van der Waals surface area contributed by atoms with Gasteiger partial charge in [0.25, 0.3) is 5.91 Å². The monoisotopic (exact) mass is 317 g/mol. The highest BCUT2D eigenvalue weighted by Gasteiger charge is 2.15. The van der Waals surface area contributed by atoms with E-state index in [0.717, 1.165) is 0 Å². The fourth-order valence-corrected chi connectivity index (χ4v) is 1.84. The zero-order valence-corrected chi connectivity index (χ0v) is 11.3. The minimum atomic E-state index is -0.914. The van der Waals surface area contributed by atoms with Gasteiger partial charge in [-0.15, -0.1) is 0 Å². The number of rotatable bonds is 5. The quantitative estimate of drug-likeness (QED) is 0.877. The van der Waals surface area contributed by atoms with Gasteiger partial charge in [-0.2, -0.15) is 0 Å². The number of amides is 1. The first-order chi connectivity index (χ1) is 8.41. The molecule has 1 unspecified atom stereocenters. The van der Waals surface area contributed by atoms with E-state index in [1.54, 1.807) is 6.92 Å². The zero-order valence-electron chi connectivity index (χ0n) is 9.74. The molecular weight excluding hydrogens is 305 g/mol. The Balaban J connectivity index is 2.65. The van der Waals surface area contributed by atoms with Crippen LogP contribution in [0.1, 0.15) is 30.1 Å². The summed E-state index contributed by atoms with van der Waals surface area (Å²) < 4.78 is 13.3. The topological polar surface area (TPSA) is 66.4 Å². The molecule has 0 saturated heterocycles. The highest BCUT2D eigenvalue weighted by molar-refractivity contribution is 9.10. The Labute approximate surface area is 112 Å². The second kappa shape index (κ2) is 6.49. The summed E-state index contributed by atoms with van der Waals surface area (Å²) in [6.45, 7) is 1.70. The van der Waals surface area contributed by atoms with Gasteiger partial charge in [-0.1, -0.05) is 6.07 Å². The molecule has 0 radical (unpaired) electrons. The van der Waals surface area contributed by atoms with Crippen molar-refractivity contribution in [1.29, 1.82) is 0 Å². The summed E-state index contributed by atoms with van der Waals surface area (Å²) >= 11 is 3.00. The van der Waals surface area contributed by atoms with Crippen molar-refractivity contribution >= 4 is 27.8 Å². The van der Waals surface area contributed by atoms with Gasteiger partial charge in [0.05, 0.1) is 10.0 Å². The molecule has 1 atom stereocenters. The Kier molecular flexibility index (Phi) is 5.27. The fourth-order valence-electron chi connectivity index (χ4n) is 1.39. The van der Waals surface area contributed by atoms with Crippen molar-refractivity contribution in [1.82, 2.24) is 5.32 Å². The van der Waals surface area contributed by atoms with Crippen LogP contribution in [-0.4, -0.2) is 23.0 Å². The SMILES string of the molecule is CC(CCC(=O)O)NC(=O)c1cccc(F)c1Br. The lowest BCUT2D eigenvalue weighted by molar-refractivity contribution is -0.137. The van der Waals surface area contributed by atoms with Crippen molar-refractivity contribution in [2.24, 2.45) is 0 Å². The number of carboxylic acid groups (broad SMARTS) is 1. The van der Waals surface area contributed by atoms with Crippen LogP contribution in [0.15, 0.2) is 22.7 Å². The Morgan fingerprint density at radius 1 is 1.50 bits per heavy atom. The van der Waals surface area contributed by atoms with Gasteiger partial charge in [-0.3, -0.25) is 9.59 Å². The average molecular weight is 318 g/mol. The number of hydrogen-bond acceptors (Lipinski definition) is 2. The van der Waals surface area contributed by atoms with Crippen molar-refractivity contribution in [2.75, 3.05) is 0 Å². The standard InChI is InChI=1S/C12H13BrFNO3/c1-7(5-6-10(16)17)15-12(18)8-3-2-4-9(14)11(8)13/h2-4,7H,5-6H2,1H3,(H,15,18)(H,16,17). The number of carbonyl (C=O) groups is 2. The molecule has 0 aromatic heterocycles. The molecule has 0 aliphatic rings. The van der Waals surface area contributed by atoms with Crippen LogP contribution in [0.4, 0.5) is 4.39 Å². The van der Waals surface area contributed by atoms with Crippen LogP contribution in [0, 0.1) is 5.82 Å². The maximum atomic E-state index is 13.2. The van der Waals surface area contributed by atoms with Crippen molar-refractivity contribution in [3.63, 3.8) is 0 Å². The molecule has 2 N–H and O–H groups in total. The van der Waals surface area contributed by atoms with Crippen LogP contribution in [0.5, 0.6) is 0 Å². The summed E-state index contributed by atoms with van der Waals surface area (Å²) in [6.07, 6.45) is 0.305. The van der Waals surface area contributed by atoms with Gasteiger partial charge in [0.15, 0.2) is 0 Å². The van der Waals surface area contributed by atoms with Gasteiger partial charge in [0.1, 0.15) is 5.82 Å². The van der Waals surface area contributed by atoms with E-state index in [0.29, 0.717) is 6.42 Å². The zero-order chi connectivity index (χ0) is 13.7. The van der Waals surface area contributed by atoms with Crippen LogP contribution in [0.25, 0.3) is 0 Å². The molecule has 1 amide bonds. The van der Waals surface area contributed by atoms with E-state index >= 15 is 0 Å². The number of carboxylic acids is 1. The Morgan fingerprint density at radius 3 is 2.78 bits per heavy atom. The van der Waals surface area contributed by atoms with E-state index < -0.39 is 17.7 Å². The largest absolute Gasteiger partial charge is 0.481 e. The number of hydrogen-bond donors (Lipinski definition) is 2. The molecular formula is C12H13BrFNO3. The van der Waals surface area contributed by atoms with Gasteiger partial charge in [0.2, 0.25) is 0 Å². The predicted octanol–water partition coefficient (Wildman–Crippen LogP) is 2.57. The third-order valence-electron chi connectivity index (χ3n) is 2.36. The summed E-state index contributed by atoms with van der Waals surface area (Å²) in [5.41, 5.74) is 0.192. The van der Waals surface area contributed by atoms with Gasteiger partial charge in [-0.05, 0) is 41.4 Å². The number of carbonyl (C=O) groups excluding carboxylic acids is 1. The van der Waals surface area contributed by atoms with Crippen LogP contribution < -0.4 is 5.32 Å². The molecule has 1 aromatic rings. The summed E-state index contributed by atoms with van der Waals surface area (Å²) in [7, 11) is 0. The lowest BCUT2D eigenvalue weighted by Gasteiger charge is -2.13. The van der Waals surface area contributed by atoms with E-state index in [1.807, 2.05) is 0 Å². The molecule has 0 spiro atoms. The number of halogens is 2. The van der Waals surface area contributed by atoms with E-state index in [9.17, 15) is 14.0 Å². The maximum Gasteiger partial charge on any atom is 0.303 e. The van der Waals surface area contributed by atoms with E-state index in [4.69, 9.17) is 5.11 Å². The first kappa shape index (κ1) is 14.6. The number of aliphatic carboxylic acids is 1. The molecule has 0 aliphatic carbocycles. The van der Waals surface area contributed by atoms with E-state index in [2.05, 4.69) is 21.2 Å². The van der Waals surface area contributed by atoms with Crippen LogP contribution in [0.3, 0.4) is 0 Å². The van der Waals surface area contributed by atoms with Crippen LogP contribution in [0.2, 0.25) is 0 Å². The predicted molar refractivity (Wildman–Crippen MR) is 67.9 cm³/mol. The molecule has 4 nitrogen and oxygen atoms in total. The lowest BCUT2D eigenvalue weighted by Crippen LogP contribution is -2.33. The maximum absolute atomic E-state index is 13.2. The highest BCUT2D eigenvalue weighted by atomic mass is 79.9. The third kappa shape index (κ3) is 4.10. The van der Waals surface area contributed by atoms with Gasteiger partial charge in [0, 0.05) is 12.5 Å².